The van der Waals surface area contributed by atoms with Gasteiger partial charge in [-0.2, -0.15) is 0 Å². The Hall–Kier alpha value is -0.510. The van der Waals surface area contributed by atoms with Crippen LogP contribution in [0.1, 0.15) is 27.2 Å². The van der Waals surface area contributed by atoms with Gasteiger partial charge in [-0.3, -0.25) is 4.90 Å². The zero-order valence-electron chi connectivity index (χ0n) is 13.0. The van der Waals surface area contributed by atoms with E-state index in [9.17, 15) is 0 Å². The summed E-state index contributed by atoms with van der Waals surface area (Å²) in [6, 6.07) is 12.1. The van der Waals surface area contributed by atoms with Gasteiger partial charge in [0.25, 0.3) is 0 Å². The minimum atomic E-state index is 0.652. The zero-order valence-corrected chi connectivity index (χ0v) is 13.8. The number of thioether (sulfide) groups is 1. The molecule has 20 heavy (non-hydrogen) atoms. The van der Waals surface area contributed by atoms with Crippen molar-refractivity contribution in [1.82, 2.24) is 10.2 Å². The smallest absolute Gasteiger partial charge is 0.0219 e. The second-order valence-electron chi connectivity index (χ2n) is 5.98. The van der Waals surface area contributed by atoms with Crippen molar-refractivity contribution in [3.63, 3.8) is 0 Å². The quantitative estimate of drug-likeness (QED) is 0.808. The Bertz CT molecular complexity index is 380. The van der Waals surface area contributed by atoms with Gasteiger partial charge in [-0.25, -0.2) is 0 Å². The van der Waals surface area contributed by atoms with Crippen molar-refractivity contribution >= 4 is 11.8 Å². The summed E-state index contributed by atoms with van der Waals surface area (Å²) in [6.07, 6.45) is 1.24. The van der Waals surface area contributed by atoms with E-state index >= 15 is 0 Å². The minimum Gasteiger partial charge on any atom is -0.311 e. The molecule has 0 bridgehead atoms. The number of nitrogens with one attached hydrogen (secondary N) is 1. The van der Waals surface area contributed by atoms with Gasteiger partial charge in [0, 0.05) is 42.4 Å². The molecule has 1 N–H and O–H groups in total. The molecule has 1 saturated heterocycles. The van der Waals surface area contributed by atoms with Crippen molar-refractivity contribution in [2.24, 2.45) is 5.92 Å². The lowest BCUT2D eigenvalue weighted by Gasteiger charge is -2.41. The molecule has 0 aliphatic carbocycles. The predicted molar refractivity (Wildman–Crippen MR) is 89.4 cm³/mol. The third-order valence-electron chi connectivity index (χ3n) is 4.23. The van der Waals surface area contributed by atoms with E-state index in [2.05, 4.69) is 61.3 Å². The van der Waals surface area contributed by atoms with Crippen molar-refractivity contribution in [1.29, 1.82) is 0 Å². The number of hydrogen-bond acceptors (Lipinski definition) is 3. The summed E-state index contributed by atoms with van der Waals surface area (Å²) >= 11 is 1.97. The zero-order chi connectivity index (χ0) is 14.4. The molecule has 0 aromatic heterocycles. The maximum Gasteiger partial charge on any atom is 0.0219 e. The summed E-state index contributed by atoms with van der Waals surface area (Å²) in [7, 11) is 0. The number of hydrogen-bond donors (Lipinski definition) is 1. The van der Waals surface area contributed by atoms with Crippen LogP contribution < -0.4 is 5.32 Å². The molecule has 2 rings (SSSR count). The molecule has 1 heterocycles. The monoisotopic (exact) mass is 292 g/mol. The molecule has 0 spiro atoms. The standard InChI is InChI=1S/C17H28N2S/c1-4-15-12-18-17(14(2)3)13-19(15)10-11-20-16-8-6-5-7-9-16/h5-9,14-15,17-18H,4,10-13H2,1-3H3. The fourth-order valence-electron chi connectivity index (χ4n) is 2.80. The lowest BCUT2D eigenvalue weighted by Crippen LogP contribution is -2.58. The van der Waals surface area contributed by atoms with E-state index in [1.807, 2.05) is 11.8 Å². The summed E-state index contributed by atoms with van der Waals surface area (Å²) < 4.78 is 0. The molecular weight excluding hydrogens is 264 g/mol. The molecule has 2 nitrogen and oxygen atoms in total. The number of rotatable bonds is 6. The molecule has 0 saturated carbocycles. The SMILES string of the molecule is CCC1CNC(C(C)C)CN1CCSc1ccccc1. The highest BCUT2D eigenvalue weighted by molar-refractivity contribution is 7.99. The van der Waals surface area contributed by atoms with E-state index in [-0.39, 0.29) is 0 Å². The Labute approximate surface area is 128 Å². The molecule has 1 aromatic carbocycles. The highest BCUT2D eigenvalue weighted by atomic mass is 32.2. The summed E-state index contributed by atoms with van der Waals surface area (Å²) in [5.41, 5.74) is 0. The van der Waals surface area contributed by atoms with Crippen molar-refractivity contribution in [2.75, 3.05) is 25.4 Å². The van der Waals surface area contributed by atoms with Gasteiger partial charge in [-0.1, -0.05) is 39.0 Å². The van der Waals surface area contributed by atoms with Gasteiger partial charge in [0.2, 0.25) is 0 Å². The molecule has 0 radical (unpaired) electrons. The summed E-state index contributed by atoms with van der Waals surface area (Å²) in [6.45, 7) is 10.5. The average molecular weight is 292 g/mol. The fourth-order valence-corrected chi connectivity index (χ4v) is 3.71. The van der Waals surface area contributed by atoms with E-state index in [1.165, 1.54) is 30.2 Å². The Morgan fingerprint density at radius 2 is 2.05 bits per heavy atom. The molecule has 1 aliphatic rings. The lowest BCUT2D eigenvalue weighted by atomic mass is 9.98. The largest absolute Gasteiger partial charge is 0.311 e. The second-order valence-corrected chi connectivity index (χ2v) is 7.15. The molecule has 1 aliphatic heterocycles. The maximum absolute atomic E-state index is 3.71. The van der Waals surface area contributed by atoms with Crippen LogP contribution in [0.2, 0.25) is 0 Å². The van der Waals surface area contributed by atoms with Crippen LogP contribution in [0.5, 0.6) is 0 Å². The fraction of sp³-hybridized carbons (Fsp3) is 0.647. The van der Waals surface area contributed by atoms with Crippen LogP contribution in [-0.2, 0) is 0 Å². The van der Waals surface area contributed by atoms with Crippen LogP contribution in [-0.4, -0.2) is 42.4 Å². The van der Waals surface area contributed by atoms with Crippen LogP contribution in [0.3, 0.4) is 0 Å². The average Bonchev–Trinajstić information content (AvgIpc) is 2.48. The molecule has 112 valence electrons. The first-order valence-electron chi connectivity index (χ1n) is 7.86. The van der Waals surface area contributed by atoms with Crippen molar-refractivity contribution < 1.29 is 0 Å². The predicted octanol–water partition coefficient (Wildman–Crippen LogP) is 3.49. The molecular formula is C17H28N2S. The highest BCUT2D eigenvalue weighted by Gasteiger charge is 2.27. The Morgan fingerprint density at radius 1 is 1.30 bits per heavy atom. The highest BCUT2D eigenvalue weighted by Crippen LogP contribution is 2.19. The van der Waals surface area contributed by atoms with Gasteiger partial charge in [-0.15, -0.1) is 11.8 Å². The summed E-state index contributed by atoms with van der Waals surface area (Å²) in [5.74, 6) is 1.91. The second kappa shape index (κ2) is 8.06. The van der Waals surface area contributed by atoms with Crippen LogP contribution in [0.15, 0.2) is 35.2 Å². The summed E-state index contributed by atoms with van der Waals surface area (Å²) in [4.78, 5) is 4.08. The Morgan fingerprint density at radius 3 is 2.70 bits per heavy atom. The molecule has 2 unspecified atom stereocenters. The minimum absolute atomic E-state index is 0.652. The number of benzene rings is 1. The lowest BCUT2D eigenvalue weighted by molar-refractivity contribution is 0.118. The van der Waals surface area contributed by atoms with E-state index < -0.39 is 0 Å². The number of piperazine rings is 1. The van der Waals surface area contributed by atoms with Crippen molar-refractivity contribution in [3.8, 4) is 0 Å². The van der Waals surface area contributed by atoms with Crippen LogP contribution in [0.4, 0.5) is 0 Å². The van der Waals surface area contributed by atoms with Crippen LogP contribution >= 0.6 is 11.8 Å². The summed E-state index contributed by atoms with van der Waals surface area (Å²) in [5, 5.41) is 3.71. The van der Waals surface area contributed by atoms with Gasteiger partial charge in [-0.05, 0) is 24.5 Å². The van der Waals surface area contributed by atoms with Gasteiger partial charge in [0.05, 0.1) is 0 Å². The van der Waals surface area contributed by atoms with Gasteiger partial charge in [0.15, 0.2) is 0 Å². The van der Waals surface area contributed by atoms with Crippen molar-refractivity contribution in [3.05, 3.63) is 30.3 Å². The topological polar surface area (TPSA) is 15.3 Å². The maximum atomic E-state index is 3.71. The first kappa shape index (κ1) is 15.9. The Balaban J connectivity index is 1.82. The molecule has 2 atom stereocenters. The van der Waals surface area contributed by atoms with Gasteiger partial charge in [0.1, 0.15) is 0 Å². The van der Waals surface area contributed by atoms with Gasteiger partial charge < -0.3 is 5.32 Å². The molecule has 1 aromatic rings. The van der Waals surface area contributed by atoms with Gasteiger partial charge >= 0.3 is 0 Å². The number of nitrogens with zero attached hydrogens (tertiary/aromatic N) is 1. The van der Waals surface area contributed by atoms with Crippen LogP contribution in [0.25, 0.3) is 0 Å². The van der Waals surface area contributed by atoms with E-state index in [4.69, 9.17) is 0 Å². The molecule has 1 fully saturated rings. The first-order chi connectivity index (χ1) is 9.70. The molecule has 0 amide bonds. The third kappa shape index (κ3) is 4.51. The van der Waals surface area contributed by atoms with Crippen molar-refractivity contribution in [2.45, 2.75) is 44.2 Å². The Kier molecular flexibility index (Phi) is 6.40. The van der Waals surface area contributed by atoms with Crippen LogP contribution in [0, 0.1) is 5.92 Å². The third-order valence-corrected chi connectivity index (χ3v) is 5.22. The normalized spacial score (nSPS) is 24.2. The first-order valence-corrected chi connectivity index (χ1v) is 8.84. The van der Waals surface area contributed by atoms with E-state index in [0.29, 0.717) is 12.1 Å². The molecule has 3 heteroatoms. The van der Waals surface area contributed by atoms with E-state index in [0.717, 1.165) is 12.5 Å². The van der Waals surface area contributed by atoms with E-state index in [1.54, 1.807) is 0 Å².